The molecule has 2 amide bonds. The molecular formula is C13H22N2O2. The third-order valence-corrected chi connectivity index (χ3v) is 2.90. The van der Waals surface area contributed by atoms with Gasteiger partial charge >= 0.3 is 0 Å². The van der Waals surface area contributed by atoms with E-state index in [0.29, 0.717) is 19.5 Å². The van der Waals surface area contributed by atoms with Crippen LogP contribution < -0.4 is 5.32 Å². The normalized spacial score (nSPS) is 18.9. The Balaban J connectivity index is 2.49. The average molecular weight is 238 g/mol. The summed E-state index contributed by atoms with van der Waals surface area (Å²) in [5, 5.41) is 3.21. The molecule has 96 valence electrons. The van der Waals surface area contributed by atoms with Crippen LogP contribution in [0.4, 0.5) is 0 Å². The summed E-state index contributed by atoms with van der Waals surface area (Å²) in [4.78, 5) is 25.0. The molecule has 1 heterocycles. The summed E-state index contributed by atoms with van der Waals surface area (Å²) >= 11 is 0. The standard InChI is InChI=1S/C13H22N2O2/c1-5-6-14-8-10(2)9-15-11(16)7-13(3,4)12(15)17/h14H,2,5-9H2,1,3-4H3. The van der Waals surface area contributed by atoms with Crippen LogP contribution in [0.5, 0.6) is 0 Å². The molecule has 0 atom stereocenters. The van der Waals surface area contributed by atoms with Crippen molar-refractivity contribution in [3.05, 3.63) is 12.2 Å². The molecule has 0 unspecified atom stereocenters. The number of rotatable bonds is 6. The van der Waals surface area contributed by atoms with Crippen molar-refractivity contribution >= 4 is 11.8 Å². The van der Waals surface area contributed by atoms with Gasteiger partial charge in [-0.3, -0.25) is 14.5 Å². The molecule has 0 aromatic carbocycles. The third-order valence-electron chi connectivity index (χ3n) is 2.90. The van der Waals surface area contributed by atoms with Crippen molar-refractivity contribution < 1.29 is 9.59 Å². The molecule has 17 heavy (non-hydrogen) atoms. The van der Waals surface area contributed by atoms with Crippen molar-refractivity contribution in [2.45, 2.75) is 33.6 Å². The van der Waals surface area contributed by atoms with Gasteiger partial charge in [0, 0.05) is 13.0 Å². The summed E-state index contributed by atoms with van der Waals surface area (Å²) in [6.07, 6.45) is 1.36. The van der Waals surface area contributed by atoms with E-state index in [4.69, 9.17) is 0 Å². The minimum absolute atomic E-state index is 0.0841. The van der Waals surface area contributed by atoms with Gasteiger partial charge in [-0.1, -0.05) is 27.4 Å². The topological polar surface area (TPSA) is 49.4 Å². The van der Waals surface area contributed by atoms with Crippen molar-refractivity contribution in [3.8, 4) is 0 Å². The molecule has 1 aliphatic rings. The van der Waals surface area contributed by atoms with Gasteiger partial charge in [0.1, 0.15) is 0 Å². The Morgan fingerprint density at radius 3 is 2.59 bits per heavy atom. The Hall–Kier alpha value is -1.16. The minimum atomic E-state index is -0.547. The molecule has 0 saturated carbocycles. The Labute approximate surface area is 103 Å². The summed E-state index contributed by atoms with van der Waals surface area (Å²) < 4.78 is 0. The molecule has 0 radical (unpaired) electrons. The van der Waals surface area contributed by atoms with Crippen LogP contribution in [0, 0.1) is 5.41 Å². The van der Waals surface area contributed by atoms with Crippen LogP contribution >= 0.6 is 0 Å². The molecule has 0 bridgehead atoms. The zero-order chi connectivity index (χ0) is 13.1. The van der Waals surface area contributed by atoms with E-state index in [9.17, 15) is 9.59 Å². The van der Waals surface area contributed by atoms with Gasteiger partial charge in [-0.05, 0) is 18.5 Å². The zero-order valence-corrected chi connectivity index (χ0v) is 11.0. The van der Waals surface area contributed by atoms with E-state index in [1.807, 2.05) is 13.8 Å². The Kier molecular flexibility index (Phi) is 4.46. The van der Waals surface area contributed by atoms with Crippen molar-refractivity contribution in [1.82, 2.24) is 10.2 Å². The lowest BCUT2D eigenvalue weighted by molar-refractivity contribution is -0.140. The highest BCUT2D eigenvalue weighted by Crippen LogP contribution is 2.31. The maximum Gasteiger partial charge on any atom is 0.235 e. The van der Waals surface area contributed by atoms with Gasteiger partial charge in [-0.15, -0.1) is 0 Å². The maximum atomic E-state index is 11.9. The van der Waals surface area contributed by atoms with Crippen molar-refractivity contribution in [1.29, 1.82) is 0 Å². The predicted octanol–water partition coefficient (Wildman–Crippen LogP) is 1.33. The first-order valence-corrected chi connectivity index (χ1v) is 6.10. The van der Waals surface area contributed by atoms with Crippen LogP contribution in [-0.2, 0) is 9.59 Å². The summed E-state index contributed by atoms with van der Waals surface area (Å²) in [6.45, 7) is 11.5. The van der Waals surface area contributed by atoms with Crippen LogP contribution in [-0.4, -0.2) is 36.3 Å². The van der Waals surface area contributed by atoms with Gasteiger partial charge < -0.3 is 5.32 Å². The maximum absolute atomic E-state index is 11.9. The average Bonchev–Trinajstić information content (AvgIpc) is 2.41. The van der Waals surface area contributed by atoms with Crippen molar-refractivity contribution in [2.24, 2.45) is 5.41 Å². The van der Waals surface area contributed by atoms with Crippen molar-refractivity contribution in [2.75, 3.05) is 19.6 Å². The second kappa shape index (κ2) is 5.45. The fourth-order valence-electron chi connectivity index (χ4n) is 1.91. The van der Waals surface area contributed by atoms with E-state index in [2.05, 4.69) is 18.8 Å². The third kappa shape index (κ3) is 3.40. The second-order valence-corrected chi connectivity index (χ2v) is 5.27. The number of nitrogens with zero attached hydrogens (tertiary/aromatic N) is 1. The lowest BCUT2D eigenvalue weighted by atomic mass is 9.92. The monoisotopic (exact) mass is 238 g/mol. The van der Waals surface area contributed by atoms with Crippen LogP contribution in [0.3, 0.4) is 0 Å². The molecule has 1 N–H and O–H groups in total. The fraction of sp³-hybridized carbons (Fsp3) is 0.692. The molecule has 1 rings (SSSR count). The molecule has 0 aromatic heterocycles. The number of imide groups is 1. The molecule has 0 spiro atoms. The van der Waals surface area contributed by atoms with E-state index in [0.717, 1.165) is 18.5 Å². The first kappa shape index (κ1) is 13.9. The van der Waals surface area contributed by atoms with Crippen LogP contribution in [0.15, 0.2) is 12.2 Å². The van der Waals surface area contributed by atoms with Gasteiger partial charge in [0.05, 0.1) is 12.0 Å². The van der Waals surface area contributed by atoms with Gasteiger partial charge in [-0.25, -0.2) is 0 Å². The fourth-order valence-corrected chi connectivity index (χ4v) is 1.91. The number of likely N-dealkylation sites (tertiary alicyclic amines) is 1. The first-order valence-electron chi connectivity index (χ1n) is 6.10. The molecule has 1 aliphatic heterocycles. The van der Waals surface area contributed by atoms with E-state index in [1.54, 1.807) is 0 Å². The summed E-state index contributed by atoms with van der Waals surface area (Å²) in [6, 6.07) is 0. The largest absolute Gasteiger partial charge is 0.313 e. The summed E-state index contributed by atoms with van der Waals surface area (Å²) in [5.74, 6) is -0.171. The zero-order valence-electron chi connectivity index (χ0n) is 11.0. The molecule has 4 nitrogen and oxygen atoms in total. The van der Waals surface area contributed by atoms with E-state index in [-0.39, 0.29) is 11.8 Å². The number of hydrogen-bond acceptors (Lipinski definition) is 3. The van der Waals surface area contributed by atoms with E-state index < -0.39 is 5.41 Å². The van der Waals surface area contributed by atoms with Gasteiger partial charge in [0.25, 0.3) is 0 Å². The second-order valence-electron chi connectivity index (χ2n) is 5.27. The highest BCUT2D eigenvalue weighted by molar-refractivity contribution is 6.05. The van der Waals surface area contributed by atoms with Crippen LogP contribution in [0.25, 0.3) is 0 Å². The summed E-state index contributed by atoms with van der Waals surface area (Å²) in [5.41, 5.74) is 0.326. The highest BCUT2D eigenvalue weighted by atomic mass is 16.2. The van der Waals surface area contributed by atoms with Gasteiger partial charge in [0.2, 0.25) is 11.8 Å². The molecule has 4 heteroatoms. The molecule has 0 aromatic rings. The number of carbonyl (C=O) groups is 2. The molecule has 1 fully saturated rings. The Morgan fingerprint density at radius 1 is 1.47 bits per heavy atom. The SMILES string of the molecule is C=C(CNCCC)CN1C(=O)CC(C)(C)C1=O. The van der Waals surface area contributed by atoms with Gasteiger partial charge in [-0.2, -0.15) is 0 Å². The van der Waals surface area contributed by atoms with Crippen LogP contribution in [0.2, 0.25) is 0 Å². The predicted molar refractivity (Wildman–Crippen MR) is 67.4 cm³/mol. The number of amides is 2. The smallest absolute Gasteiger partial charge is 0.235 e. The van der Waals surface area contributed by atoms with Gasteiger partial charge in [0.15, 0.2) is 0 Å². The molecular weight excluding hydrogens is 216 g/mol. The molecule has 1 saturated heterocycles. The quantitative estimate of drug-likeness (QED) is 0.431. The lowest BCUT2D eigenvalue weighted by Crippen LogP contribution is -2.36. The first-order chi connectivity index (χ1) is 7.88. The Bertz CT molecular complexity index is 334. The number of hydrogen-bond donors (Lipinski definition) is 1. The van der Waals surface area contributed by atoms with E-state index >= 15 is 0 Å². The number of nitrogens with one attached hydrogen (secondary N) is 1. The minimum Gasteiger partial charge on any atom is -0.313 e. The number of carbonyl (C=O) groups excluding carboxylic acids is 2. The molecule has 0 aliphatic carbocycles. The lowest BCUT2D eigenvalue weighted by Gasteiger charge is -2.19. The van der Waals surface area contributed by atoms with E-state index in [1.165, 1.54) is 4.90 Å². The van der Waals surface area contributed by atoms with Crippen LogP contribution in [0.1, 0.15) is 33.6 Å². The summed E-state index contributed by atoms with van der Waals surface area (Å²) in [7, 11) is 0. The highest BCUT2D eigenvalue weighted by Gasteiger charge is 2.44. The Morgan fingerprint density at radius 2 is 2.12 bits per heavy atom. The van der Waals surface area contributed by atoms with Crippen molar-refractivity contribution in [3.63, 3.8) is 0 Å².